The van der Waals surface area contributed by atoms with Gasteiger partial charge in [0.1, 0.15) is 11.2 Å². The number of para-hydroxylation sites is 2. The Kier molecular flexibility index (Phi) is 6.17. The van der Waals surface area contributed by atoms with E-state index < -0.39 is 0 Å². The lowest BCUT2D eigenvalue weighted by molar-refractivity contribution is 0.669. The lowest BCUT2D eigenvalue weighted by Gasteiger charge is -2.28. The molecule has 0 bridgehead atoms. The highest BCUT2D eigenvalue weighted by atomic mass is 16.3. The van der Waals surface area contributed by atoms with Crippen LogP contribution in [-0.4, -0.2) is 0 Å². The van der Waals surface area contributed by atoms with Gasteiger partial charge in [0, 0.05) is 33.8 Å². The summed E-state index contributed by atoms with van der Waals surface area (Å²) in [5.74, 6) is 0. The van der Waals surface area contributed by atoms with E-state index in [9.17, 15) is 0 Å². The molecule has 0 fully saturated rings. The maximum atomic E-state index is 6.40. The lowest BCUT2D eigenvalue weighted by Crippen LogP contribution is -2.11. The van der Waals surface area contributed by atoms with Crippen molar-refractivity contribution in [2.24, 2.45) is 0 Å². The van der Waals surface area contributed by atoms with E-state index in [0.29, 0.717) is 0 Å². The molecule has 0 aliphatic carbocycles. The smallest absolute Gasteiger partial charge is 0.137 e. The van der Waals surface area contributed by atoms with E-state index in [1.165, 1.54) is 38.2 Å². The first kappa shape index (κ1) is 26.3. The van der Waals surface area contributed by atoms with Crippen molar-refractivity contribution >= 4 is 60.5 Å². The van der Waals surface area contributed by atoms with Crippen LogP contribution in [0.5, 0.6) is 0 Å². The maximum Gasteiger partial charge on any atom is 0.137 e. The van der Waals surface area contributed by atoms with Crippen molar-refractivity contribution in [2.45, 2.75) is 0 Å². The molecule has 2 heteroatoms. The van der Waals surface area contributed by atoms with Crippen LogP contribution in [0.15, 0.2) is 180 Å². The Morgan fingerprint density at radius 2 is 1.00 bits per heavy atom. The highest BCUT2D eigenvalue weighted by Gasteiger charge is 2.21. The van der Waals surface area contributed by atoms with Gasteiger partial charge >= 0.3 is 0 Å². The maximum absolute atomic E-state index is 6.40. The summed E-state index contributed by atoms with van der Waals surface area (Å²) in [4.78, 5) is 2.37. The molecule has 0 unspecified atom stereocenters. The molecule has 0 saturated carbocycles. The van der Waals surface area contributed by atoms with Gasteiger partial charge in [-0.3, -0.25) is 0 Å². The van der Waals surface area contributed by atoms with E-state index in [2.05, 4.69) is 169 Å². The molecular formula is C44H29NO. The van der Waals surface area contributed by atoms with Crippen LogP contribution in [0.4, 0.5) is 17.1 Å². The number of anilines is 3. The van der Waals surface area contributed by atoms with Crippen molar-refractivity contribution in [3.8, 4) is 22.3 Å². The molecule has 0 amide bonds. The highest BCUT2D eigenvalue weighted by Crippen LogP contribution is 2.46. The molecule has 0 atom stereocenters. The third-order valence-electron chi connectivity index (χ3n) is 9.04. The largest absolute Gasteiger partial charge is 0.456 e. The normalized spacial score (nSPS) is 11.5. The predicted octanol–water partition coefficient (Wildman–Crippen LogP) is 12.7. The second kappa shape index (κ2) is 10.8. The topological polar surface area (TPSA) is 16.4 Å². The van der Waals surface area contributed by atoms with Gasteiger partial charge in [0.15, 0.2) is 0 Å². The van der Waals surface area contributed by atoms with Crippen LogP contribution in [0.2, 0.25) is 0 Å². The number of furan rings is 1. The van der Waals surface area contributed by atoms with Crippen molar-refractivity contribution in [1.82, 2.24) is 0 Å². The molecule has 0 saturated heterocycles. The molecule has 0 aliphatic rings. The SMILES string of the molecule is c1ccc(-c2cccc3cccc(-c4ccccc4N(c4ccc5ccccc5c4)c4ccc5c(c4)oc4ccccc45)c23)cc1. The molecule has 8 aromatic carbocycles. The fraction of sp³-hybridized carbons (Fsp3) is 0. The van der Waals surface area contributed by atoms with Gasteiger partial charge in [-0.25, -0.2) is 0 Å². The number of hydrogen-bond acceptors (Lipinski definition) is 2. The summed E-state index contributed by atoms with van der Waals surface area (Å²) in [6.07, 6.45) is 0. The number of fused-ring (bicyclic) bond motifs is 5. The molecule has 2 nitrogen and oxygen atoms in total. The zero-order valence-corrected chi connectivity index (χ0v) is 25.1. The molecular weight excluding hydrogens is 558 g/mol. The van der Waals surface area contributed by atoms with Crippen LogP contribution in [0.3, 0.4) is 0 Å². The number of hydrogen-bond donors (Lipinski definition) is 0. The minimum atomic E-state index is 0.874. The van der Waals surface area contributed by atoms with Crippen molar-refractivity contribution in [1.29, 1.82) is 0 Å². The molecule has 0 spiro atoms. The Morgan fingerprint density at radius 3 is 1.89 bits per heavy atom. The Balaban J connectivity index is 1.32. The van der Waals surface area contributed by atoms with Crippen molar-refractivity contribution < 1.29 is 4.42 Å². The standard InChI is InChI=1S/C44H29NO/c1-2-13-31(14-3-1)36-20-10-16-32-17-11-21-40(44(32)36)37-18-6-8-22-41(37)45(34-25-24-30-12-4-5-15-33(30)28-34)35-26-27-39-38-19-7-9-23-42(38)46-43(39)29-35/h1-29H. The van der Waals surface area contributed by atoms with Gasteiger partial charge in [-0.1, -0.05) is 133 Å². The molecule has 0 radical (unpaired) electrons. The molecule has 0 aliphatic heterocycles. The third kappa shape index (κ3) is 4.35. The Hall–Kier alpha value is -6.12. The average Bonchev–Trinajstić information content (AvgIpc) is 3.50. The molecule has 1 heterocycles. The van der Waals surface area contributed by atoms with E-state index in [-0.39, 0.29) is 0 Å². The highest BCUT2D eigenvalue weighted by molar-refractivity contribution is 6.10. The first-order valence-corrected chi connectivity index (χ1v) is 15.7. The Morgan fingerprint density at radius 1 is 0.370 bits per heavy atom. The summed E-state index contributed by atoms with van der Waals surface area (Å²) in [5, 5.41) is 7.13. The summed E-state index contributed by atoms with van der Waals surface area (Å²) >= 11 is 0. The van der Waals surface area contributed by atoms with Crippen molar-refractivity contribution in [2.75, 3.05) is 4.90 Å². The van der Waals surface area contributed by atoms with Gasteiger partial charge in [-0.2, -0.15) is 0 Å². The monoisotopic (exact) mass is 587 g/mol. The van der Waals surface area contributed by atoms with E-state index >= 15 is 0 Å². The number of rotatable bonds is 5. The first-order valence-electron chi connectivity index (χ1n) is 15.7. The quantitative estimate of drug-likeness (QED) is 0.199. The van der Waals surface area contributed by atoms with Gasteiger partial charge < -0.3 is 9.32 Å². The summed E-state index contributed by atoms with van der Waals surface area (Å²) in [6.45, 7) is 0. The van der Waals surface area contributed by atoms with Crippen LogP contribution in [0.1, 0.15) is 0 Å². The molecule has 9 aromatic rings. The molecule has 0 N–H and O–H groups in total. The summed E-state index contributed by atoms with van der Waals surface area (Å²) < 4.78 is 6.40. The molecule has 1 aromatic heterocycles. The first-order chi connectivity index (χ1) is 22.8. The third-order valence-corrected chi connectivity index (χ3v) is 9.04. The van der Waals surface area contributed by atoms with Crippen molar-refractivity contribution in [3.63, 3.8) is 0 Å². The average molecular weight is 588 g/mol. The minimum Gasteiger partial charge on any atom is -0.456 e. The zero-order chi connectivity index (χ0) is 30.5. The van der Waals surface area contributed by atoms with Gasteiger partial charge in [0.05, 0.1) is 5.69 Å². The number of nitrogens with zero attached hydrogens (tertiary/aromatic N) is 1. The number of benzene rings is 8. The summed E-state index contributed by atoms with van der Waals surface area (Å²) in [7, 11) is 0. The fourth-order valence-electron chi connectivity index (χ4n) is 6.92. The summed E-state index contributed by atoms with van der Waals surface area (Å²) in [6, 6.07) is 62.8. The van der Waals surface area contributed by atoms with Crippen molar-refractivity contribution in [3.05, 3.63) is 176 Å². The molecule has 216 valence electrons. The summed E-state index contributed by atoms with van der Waals surface area (Å²) in [5.41, 5.74) is 9.79. The van der Waals surface area contributed by atoms with Crippen LogP contribution in [0, 0.1) is 0 Å². The zero-order valence-electron chi connectivity index (χ0n) is 25.1. The van der Waals surface area contributed by atoms with Gasteiger partial charge in [0.2, 0.25) is 0 Å². The van der Waals surface area contributed by atoms with E-state index in [4.69, 9.17) is 4.42 Å². The van der Waals surface area contributed by atoms with Gasteiger partial charge in [-0.15, -0.1) is 0 Å². The van der Waals surface area contributed by atoms with E-state index in [1.54, 1.807) is 0 Å². The van der Waals surface area contributed by atoms with Crippen LogP contribution < -0.4 is 4.90 Å². The fourth-order valence-corrected chi connectivity index (χ4v) is 6.92. The lowest BCUT2D eigenvalue weighted by atomic mass is 9.90. The van der Waals surface area contributed by atoms with E-state index in [0.717, 1.165) is 44.6 Å². The Bertz CT molecular complexity index is 2540. The second-order valence-corrected chi connectivity index (χ2v) is 11.7. The van der Waals surface area contributed by atoms with Crippen LogP contribution in [-0.2, 0) is 0 Å². The van der Waals surface area contributed by atoms with Crippen LogP contribution in [0.25, 0.3) is 65.7 Å². The van der Waals surface area contributed by atoms with Crippen LogP contribution >= 0.6 is 0 Å². The Labute approximate surface area is 267 Å². The van der Waals surface area contributed by atoms with Gasteiger partial charge in [-0.05, 0) is 74.6 Å². The molecule has 9 rings (SSSR count). The predicted molar refractivity (Wildman–Crippen MR) is 194 cm³/mol. The van der Waals surface area contributed by atoms with Gasteiger partial charge in [0.25, 0.3) is 0 Å². The second-order valence-electron chi connectivity index (χ2n) is 11.7. The minimum absolute atomic E-state index is 0.874. The van der Waals surface area contributed by atoms with E-state index in [1.807, 2.05) is 12.1 Å². The molecule has 46 heavy (non-hydrogen) atoms.